The van der Waals surface area contributed by atoms with Gasteiger partial charge in [0.15, 0.2) is 0 Å². The Bertz CT molecular complexity index is 525. The molecule has 4 N–H and O–H groups in total. The van der Waals surface area contributed by atoms with Crippen LogP contribution in [0.25, 0.3) is 0 Å². The molecule has 1 aromatic carbocycles. The molecular formula is C14H17NO6. The van der Waals surface area contributed by atoms with Gasteiger partial charge in [-0.25, -0.2) is 0 Å². The van der Waals surface area contributed by atoms with Crippen molar-refractivity contribution in [2.45, 2.75) is 32.0 Å². The number of hydrogen-bond acceptors (Lipinski definition) is 5. The van der Waals surface area contributed by atoms with E-state index in [-0.39, 0.29) is 12.2 Å². The molecule has 0 saturated heterocycles. The van der Waals surface area contributed by atoms with Gasteiger partial charge < -0.3 is 20.6 Å². The molecule has 21 heavy (non-hydrogen) atoms. The van der Waals surface area contributed by atoms with Gasteiger partial charge in [0.1, 0.15) is 11.9 Å². The summed E-state index contributed by atoms with van der Waals surface area (Å²) < 4.78 is 0. The number of aliphatic hydroxyl groups excluding tert-OH is 2. The molecule has 2 atom stereocenters. The topological polar surface area (TPSA) is 124 Å². The van der Waals surface area contributed by atoms with Gasteiger partial charge in [0.2, 0.25) is 5.91 Å². The first-order valence-electron chi connectivity index (χ1n) is 6.26. The third kappa shape index (κ3) is 5.72. The third-order valence-corrected chi connectivity index (χ3v) is 2.69. The lowest BCUT2D eigenvalue weighted by Gasteiger charge is -2.16. The lowest BCUT2D eigenvalue weighted by molar-refractivity contribution is -0.141. The Kier molecular flexibility index (Phi) is 6.01. The van der Waals surface area contributed by atoms with Crippen molar-refractivity contribution in [1.29, 1.82) is 0 Å². The van der Waals surface area contributed by atoms with Crippen LogP contribution in [0.5, 0.6) is 0 Å². The highest BCUT2D eigenvalue weighted by molar-refractivity contribution is 6.03. The maximum absolute atomic E-state index is 11.4. The second-order valence-electron chi connectivity index (χ2n) is 4.66. The number of ketones is 1. The Morgan fingerprint density at radius 3 is 2.19 bits per heavy atom. The largest absolute Gasteiger partial charge is 0.481 e. The standard InChI is InChI=1S/C14H17NO6/c1-8(16)6-12(18)15-10-4-2-9(3-5-10)14(21)11(17)7-13(19)20/h2-5,11,14,17,21H,6-7H2,1H3,(H,15,18)(H,19,20). The number of carboxylic acids is 1. The van der Waals surface area contributed by atoms with E-state index in [2.05, 4.69) is 5.32 Å². The summed E-state index contributed by atoms with van der Waals surface area (Å²) in [6.07, 6.45) is -3.54. The molecule has 1 rings (SSSR count). The van der Waals surface area contributed by atoms with Crippen LogP contribution in [0, 0.1) is 0 Å². The highest BCUT2D eigenvalue weighted by Gasteiger charge is 2.21. The summed E-state index contributed by atoms with van der Waals surface area (Å²) in [4.78, 5) is 32.6. The molecule has 0 aliphatic rings. The average Bonchev–Trinajstić information content (AvgIpc) is 2.36. The van der Waals surface area contributed by atoms with Crippen molar-refractivity contribution in [2.24, 2.45) is 0 Å². The van der Waals surface area contributed by atoms with Gasteiger partial charge in [0, 0.05) is 5.69 Å². The van der Waals surface area contributed by atoms with Gasteiger partial charge in [-0.05, 0) is 24.6 Å². The molecule has 0 bridgehead atoms. The number of Topliss-reactive ketones (excluding diaryl/α,β-unsaturated/α-hetero) is 1. The molecule has 0 radical (unpaired) electrons. The summed E-state index contributed by atoms with van der Waals surface area (Å²) in [5, 5.41) is 30.4. The summed E-state index contributed by atoms with van der Waals surface area (Å²) in [7, 11) is 0. The fraction of sp³-hybridized carbons (Fsp3) is 0.357. The van der Waals surface area contributed by atoms with Crippen molar-refractivity contribution in [1.82, 2.24) is 0 Å². The van der Waals surface area contributed by atoms with E-state index in [1.54, 1.807) is 0 Å². The summed E-state index contributed by atoms with van der Waals surface area (Å²) in [5.74, 6) is -1.91. The van der Waals surface area contributed by atoms with Crippen molar-refractivity contribution >= 4 is 23.3 Å². The normalized spacial score (nSPS) is 13.3. The zero-order valence-corrected chi connectivity index (χ0v) is 11.4. The van der Waals surface area contributed by atoms with Gasteiger partial charge in [-0.3, -0.25) is 14.4 Å². The molecule has 0 fully saturated rings. The number of anilines is 1. The summed E-state index contributed by atoms with van der Waals surface area (Å²) in [6, 6.07) is 5.90. The molecule has 2 unspecified atom stereocenters. The van der Waals surface area contributed by atoms with Crippen LogP contribution in [0.3, 0.4) is 0 Å². The monoisotopic (exact) mass is 295 g/mol. The number of hydrogen-bond donors (Lipinski definition) is 4. The zero-order valence-electron chi connectivity index (χ0n) is 11.4. The molecule has 0 aliphatic heterocycles. The van der Waals surface area contributed by atoms with E-state index in [0.717, 1.165) is 0 Å². The first-order valence-corrected chi connectivity index (χ1v) is 6.26. The minimum absolute atomic E-state index is 0.221. The minimum Gasteiger partial charge on any atom is -0.481 e. The Morgan fingerprint density at radius 2 is 1.71 bits per heavy atom. The van der Waals surface area contributed by atoms with Crippen LogP contribution in [-0.4, -0.2) is 39.1 Å². The van der Waals surface area contributed by atoms with E-state index in [4.69, 9.17) is 5.11 Å². The van der Waals surface area contributed by atoms with Gasteiger partial charge in [0.05, 0.1) is 18.9 Å². The van der Waals surface area contributed by atoms with Crippen LogP contribution < -0.4 is 5.32 Å². The quantitative estimate of drug-likeness (QED) is 0.542. The first-order chi connectivity index (χ1) is 9.79. The van der Waals surface area contributed by atoms with E-state index in [9.17, 15) is 24.6 Å². The van der Waals surface area contributed by atoms with Gasteiger partial charge >= 0.3 is 5.97 Å². The molecule has 114 valence electrons. The smallest absolute Gasteiger partial charge is 0.306 e. The van der Waals surface area contributed by atoms with Crippen LogP contribution in [0.1, 0.15) is 31.4 Å². The third-order valence-electron chi connectivity index (χ3n) is 2.69. The summed E-state index contributed by atoms with van der Waals surface area (Å²) in [5.41, 5.74) is 0.762. The van der Waals surface area contributed by atoms with E-state index in [0.29, 0.717) is 11.3 Å². The molecule has 1 aromatic rings. The van der Waals surface area contributed by atoms with Crippen molar-refractivity contribution in [3.63, 3.8) is 0 Å². The summed E-state index contributed by atoms with van der Waals surface area (Å²) >= 11 is 0. The molecule has 0 aromatic heterocycles. The molecular weight excluding hydrogens is 278 g/mol. The number of amides is 1. The van der Waals surface area contributed by atoms with E-state index in [1.807, 2.05) is 0 Å². The van der Waals surface area contributed by atoms with Crippen LogP contribution in [0.4, 0.5) is 5.69 Å². The molecule has 7 nitrogen and oxygen atoms in total. The van der Waals surface area contributed by atoms with Gasteiger partial charge in [-0.2, -0.15) is 0 Å². The predicted octanol–water partition coefficient (Wildman–Crippen LogP) is 0.473. The Labute approximate surface area is 121 Å². The van der Waals surface area contributed by atoms with Crippen molar-refractivity contribution in [3.05, 3.63) is 29.8 Å². The van der Waals surface area contributed by atoms with Crippen molar-refractivity contribution in [3.8, 4) is 0 Å². The summed E-state index contributed by atoms with van der Waals surface area (Å²) in [6.45, 7) is 1.31. The lowest BCUT2D eigenvalue weighted by Crippen LogP contribution is -2.21. The number of carbonyl (C=O) groups is 3. The fourth-order valence-corrected chi connectivity index (χ4v) is 1.71. The highest BCUT2D eigenvalue weighted by Crippen LogP contribution is 2.21. The van der Waals surface area contributed by atoms with Crippen LogP contribution in [-0.2, 0) is 14.4 Å². The molecule has 0 heterocycles. The van der Waals surface area contributed by atoms with Crippen LogP contribution in [0.15, 0.2) is 24.3 Å². The van der Waals surface area contributed by atoms with E-state index in [1.165, 1.54) is 31.2 Å². The van der Waals surface area contributed by atoms with Crippen LogP contribution >= 0.6 is 0 Å². The molecule has 0 spiro atoms. The maximum atomic E-state index is 11.4. The van der Waals surface area contributed by atoms with E-state index >= 15 is 0 Å². The number of benzene rings is 1. The average molecular weight is 295 g/mol. The Balaban J connectivity index is 2.67. The molecule has 7 heteroatoms. The minimum atomic E-state index is -1.42. The SMILES string of the molecule is CC(=O)CC(=O)Nc1ccc(C(O)C(O)CC(=O)O)cc1. The number of carboxylic acid groups (broad SMARTS) is 1. The number of aliphatic carboxylic acids is 1. The van der Waals surface area contributed by atoms with E-state index < -0.39 is 30.5 Å². The second-order valence-corrected chi connectivity index (χ2v) is 4.66. The van der Waals surface area contributed by atoms with Crippen molar-refractivity contribution < 1.29 is 29.7 Å². The lowest BCUT2D eigenvalue weighted by atomic mass is 10.0. The van der Waals surface area contributed by atoms with Crippen LogP contribution in [0.2, 0.25) is 0 Å². The van der Waals surface area contributed by atoms with Gasteiger partial charge in [-0.15, -0.1) is 0 Å². The Hall–Kier alpha value is -2.25. The second kappa shape index (κ2) is 7.51. The maximum Gasteiger partial charge on any atom is 0.306 e. The molecule has 1 amide bonds. The van der Waals surface area contributed by atoms with Gasteiger partial charge in [0.25, 0.3) is 0 Å². The number of rotatable bonds is 7. The highest BCUT2D eigenvalue weighted by atomic mass is 16.4. The van der Waals surface area contributed by atoms with Crippen molar-refractivity contribution in [2.75, 3.05) is 5.32 Å². The number of carbonyl (C=O) groups excluding carboxylic acids is 2. The molecule has 0 saturated carbocycles. The zero-order chi connectivity index (χ0) is 16.0. The number of nitrogens with one attached hydrogen (secondary N) is 1. The Morgan fingerprint density at radius 1 is 1.14 bits per heavy atom. The molecule has 0 aliphatic carbocycles. The van der Waals surface area contributed by atoms with Gasteiger partial charge in [-0.1, -0.05) is 12.1 Å². The predicted molar refractivity (Wildman–Crippen MR) is 73.6 cm³/mol. The number of aliphatic hydroxyl groups is 2. The first kappa shape index (κ1) is 16.8. The fourth-order valence-electron chi connectivity index (χ4n) is 1.71.